The summed E-state index contributed by atoms with van der Waals surface area (Å²) >= 11 is 1.64. The van der Waals surface area contributed by atoms with Crippen LogP contribution in [0.25, 0.3) is 0 Å². The van der Waals surface area contributed by atoms with Gasteiger partial charge in [0.05, 0.1) is 23.8 Å². The van der Waals surface area contributed by atoms with Crippen molar-refractivity contribution in [2.24, 2.45) is 4.99 Å². The molecule has 132 valence electrons. The fourth-order valence-corrected chi connectivity index (χ4v) is 2.68. The highest BCUT2D eigenvalue weighted by molar-refractivity contribution is 14.0. The molecular weight excluding hydrogens is 442 g/mol. The van der Waals surface area contributed by atoms with E-state index < -0.39 is 0 Å². The third kappa shape index (κ3) is 6.60. The number of guanidine groups is 1. The number of aromatic nitrogens is 1. The van der Waals surface area contributed by atoms with E-state index in [1.165, 1.54) is 12.1 Å². The number of nitrogens with zero attached hydrogens (tertiary/aromatic N) is 3. The van der Waals surface area contributed by atoms with E-state index in [0.29, 0.717) is 25.4 Å². The average molecular weight is 464 g/mol. The molecule has 0 saturated heterocycles. The molecule has 0 fully saturated rings. The first-order valence-corrected chi connectivity index (χ1v) is 8.17. The molecule has 2 aromatic rings. The number of hydrogen-bond acceptors (Lipinski definition) is 4. The van der Waals surface area contributed by atoms with Crippen LogP contribution in [0.4, 0.5) is 4.39 Å². The van der Waals surface area contributed by atoms with E-state index in [1.54, 1.807) is 30.5 Å². The molecule has 0 aliphatic rings. The zero-order valence-corrected chi connectivity index (χ0v) is 17.1. The molecule has 0 amide bonds. The Hall–Kier alpha value is -1.42. The Morgan fingerprint density at radius 3 is 2.88 bits per heavy atom. The van der Waals surface area contributed by atoms with Crippen molar-refractivity contribution in [1.82, 2.24) is 15.2 Å². The van der Waals surface area contributed by atoms with Crippen LogP contribution in [-0.4, -0.2) is 43.1 Å². The fourth-order valence-electron chi connectivity index (χ4n) is 2.07. The fraction of sp³-hybridized carbons (Fsp3) is 0.375. The number of aliphatic imine (C=N–C) groups is 1. The van der Waals surface area contributed by atoms with Crippen molar-refractivity contribution >= 4 is 41.3 Å². The van der Waals surface area contributed by atoms with E-state index in [1.807, 2.05) is 24.3 Å². The lowest BCUT2D eigenvalue weighted by molar-refractivity contribution is 0.317. The second kappa shape index (κ2) is 10.4. The van der Waals surface area contributed by atoms with Gasteiger partial charge in [0.2, 0.25) is 0 Å². The largest absolute Gasteiger partial charge is 0.492 e. The minimum Gasteiger partial charge on any atom is -0.492 e. The van der Waals surface area contributed by atoms with E-state index >= 15 is 0 Å². The van der Waals surface area contributed by atoms with Gasteiger partial charge in [-0.05, 0) is 19.1 Å². The predicted molar refractivity (Wildman–Crippen MR) is 107 cm³/mol. The van der Waals surface area contributed by atoms with Crippen LogP contribution < -0.4 is 10.1 Å². The summed E-state index contributed by atoms with van der Waals surface area (Å²) in [6, 6.07) is 6.11. The molecule has 8 heteroatoms. The Morgan fingerprint density at radius 1 is 1.46 bits per heavy atom. The van der Waals surface area contributed by atoms with Crippen molar-refractivity contribution in [3.8, 4) is 5.75 Å². The molecule has 0 spiro atoms. The maximum absolute atomic E-state index is 13.0. The van der Waals surface area contributed by atoms with Gasteiger partial charge in [-0.1, -0.05) is 6.07 Å². The molecule has 0 radical (unpaired) electrons. The lowest BCUT2D eigenvalue weighted by Crippen LogP contribution is -2.40. The number of benzene rings is 1. The molecule has 5 nitrogen and oxygen atoms in total. The number of halogens is 2. The summed E-state index contributed by atoms with van der Waals surface area (Å²) in [5.74, 6) is 0.983. The van der Waals surface area contributed by atoms with Gasteiger partial charge in [-0.25, -0.2) is 9.37 Å². The summed E-state index contributed by atoms with van der Waals surface area (Å²) in [6.07, 6.45) is 0. The van der Waals surface area contributed by atoms with Crippen molar-refractivity contribution in [2.75, 3.05) is 27.2 Å². The van der Waals surface area contributed by atoms with Crippen LogP contribution >= 0.6 is 35.3 Å². The molecule has 0 unspecified atom stereocenters. The maximum Gasteiger partial charge on any atom is 0.193 e. The Labute approximate surface area is 163 Å². The van der Waals surface area contributed by atoms with Crippen molar-refractivity contribution in [3.63, 3.8) is 0 Å². The monoisotopic (exact) mass is 464 g/mol. The SMILES string of the molecule is CN=C(NCCOc1cccc(F)c1)N(C)Cc1csc(C)n1.I. The summed E-state index contributed by atoms with van der Waals surface area (Å²) in [7, 11) is 3.69. The molecular formula is C16H22FIN4OS. The van der Waals surface area contributed by atoms with Crippen molar-refractivity contribution < 1.29 is 9.13 Å². The van der Waals surface area contributed by atoms with Crippen molar-refractivity contribution in [1.29, 1.82) is 0 Å². The van der Waals surface area contributed by atoms with E-state index in [-0.39, 0.29) is 29.8 Å². The highest BCUT2D eigenvalue weighted by Crippen LogP contribution is 2.11. The van der Waals surface area contributed by atoms with Crippen LogP contribution in [0.3, 0.4) is 0 Å². The number of thiazole rings is 1. The molecule has 1 aromatic heterocycles. The Bertz CT molecular complexity index is 665. The van der Waals surface area contributed by atoms with Crippen LogP contribution in [0.1, 0.15) is 10.7 Å². The molecule has 1 aromatic carbocycles. The lowest BCUT2D eigenvalue weighted by atomic mass is 10.3. The number of ether oxygens (including phenoxy) is 1. The number of rotatable bonds is 6. The first-order valence-electron chi connectivity index (χ1n) is 7.29. The molecule has 0 saturated carbocycles. The van der Waals surface area contributed by atoms with E-state index in [0.717, 1.165) is 16.7 Å². The maximum atomic E-state index is 13.0. The zero-order valence-electron chi connectivity index (χ0n) is 14.0. The van der Waals surface area contributed by atoms with Gasteiger partial charge >= 0.3 is 0 Å². The molecule has 2 rings (SSSR count). The van der Waals surface area contributed by atoms with Crippen molar-refractivity contribution in [2.45, 2.75) is 13.5 Å². The van der Waals surface area contributed by atoms with Crippen LogP contribution in [0.15, 0.2) is 34.6 Å². The normalized spacial score (nSPS) is 10.9. The van der Waals surface area contributed by atoms with Crippen molar-refractivity contribution in [3.05, 3.63) is 46.2 Å². The molecule has 1 heterocycles. The smallest absolute Gasteiger partial charge is 0.193 e. The van der Waals surface area contributed by atoms with Gasteiger partial charge in [0.15, 0.2) is 5.96 Å². The first-order chi connectivity index (χ1) is 11.1. The van der Waals surface area contributed by atoms with E-state index in [2.05, 4.69) is 15.3 Å². The Balaban J connectivity index is 0.00000288. The Kier molecular flexibility index (Phi) is 8.98. The van der Waals surface area contributed by atoms with E-state index in [9.17, 15) is 4.39 Å². The third-order valence-corrected chi connectivity index (χ3v) is 3.91. The molecule has 0 aliphatic heterocycles. The van der Waals surface area contributed by atoms with Gasteiger partial charge in [-0.3, -0.25) is 4.99 Å². The van der Waals surface area contributed by atoms with Crippen LogP contribution in [-0.2, 0) is 6.54 Å². The summed E-state index contributed by atoms with van der Waals surface area (Å²) in [5, 5.41) is 6.32. The number of hydrogen-bond donors (Lipinski definition) is 1. The standard InChI is InChI=1S/C16H21FN4OS.HI/c1-12-20-14(11-23-12)10-21(3)16(18-2)19-7-8-22-15-6-4-5-13(17)9-15;/h4-6,9,11H,7-8,10H2,1-3H3,(H,18,19);1H. The second-order valence-electron chi connectivity index (χ2n) is 4.99. The van der Waals surface area contributed by atoms with Gasteiger partial charge in [0.1, 0.15) is 18.2 Å². The average Bonchev–Trinajstić information content (AvgIpc) is 2.92. The summed E-state index contributed by atoms with van der Waals surface area (Å²) < 4.78 is 18.5. The highest BCUT2D eigenvalue weighted by atomic mass is 127. The third-order valence-electron chi connectivity index (χ3n) is 3.09. The number of nitrogens with one attached hydrogen (secondary N) is 1. The highest BCUT2D eigenvalue weighted by Gasteiger charge is 2.08. The molecule has 0 aliphatic carbocycles. The quantitative estimate of drug-likeness (QED) is 0.309. The van der Waals surface area contributed by atoms with Gasteiger partial charge in [-0.2, -0.15) is 0 Å². The molecule has 0 atom stereocenters. The van der Waals surface area contributed by atoms with Gasteiger partial charge in [0.25, 0.3) is 0 Å². The van der Waals surface area contributed by atoms with Crippen LogP contribution in [0.5, 0.6) is 5.75 Å². The van der Waals surface area contributed by atoms with Gasteiger partial charge in [-0.15, -0.1) is 35.3 Å². The Morgan fingerprint density at radius 2 is 2.25 bits per heavy atom. The summed E-state index contributed by atoms with van der Waals surface area (Å²) in [4.78, 5) is 10.7. The van der Waals surface area contributed by atoms with Gasteiger partial charge < -0.3 is 15.0 Å². The minimum absolute atomic E-state index is 0. The summed E-state index contributed by atoms with van der Waals surface area (Å²) in [5.41, 5.74) is 1.02. The molecule has 0 bridgehead atoms. The van der Waals surface area contributed by atoms with Crippen LogP contribution in [0.2, 0.25) is 0 Å². The molecule has 1 N–H and O–H groups in total. The van der Waals surface area contributed by atoms with E-state index in [4.69, 9.17) is 4.74 Å². The molecule has 24 heavy (non-hydrogen) atoms. The zero-order chi connectivity index (χ0) is 16.7. The number of aryl methyl sites for hydroxylation is 1. The summed E-state index contributed by atoms with van der Waals surface area (Å²) in [6.45, 7) is 3.68. The van der Waals surface area contributed by atoms with Crippen LogP contribution in [0, 0.1) is 12.7 Å². The van der Waals surface area contributed by atoms with Gasteiger partial charge in [0, 0.05) is 25.5 Å². The first kappa shape index (κ1) is 20.6. The minimum atomic E-state index is -0.301. The predicted octanol–water partition coefficient (Wildman–Crippen LogP) is 3.29. The lowest BCUT2D eigenvalue weighted by Gasteiger charge is -2.21. The second-order valence-corrected chi connectivity index (χ2v) is 6.06. The topological polar surface area (TPSA) is 49.8 Å².